The molecule has 0 amide bonds. The van der Waals surface area contributed by atoms with Gasteiger partial charge in [-0.25, -0.2) is 4.98 Å². The number of hydrogen-bond donors (Lipinski definition) is 1. The highest BCUT2D eigenvalue weighted by molar-refractivity contribution is 7.99. The largest absolute Gasteiger partial charge is 0.338 e. The number of rotatable bonds is 6. The van der Waals surface area contributed by atoms with Gasteiger partial charge in [0.1, 0.15) is 5.82 Å². The summed E-state index contributed by atoms with van der Waals surface area (Å²) in [7, 11) is 4.14. The first-order chi connectivity index (χ1) is 8.79. The van der Waals surface area contributed by atoms with Gasteiger partial charge in [-0.2, -0.15) is 11.8 Å². The number of thioether (sulfide) groups is 1. The maximum atomic E-state index is 4.41. The van der Waals surface area contributed by atoms with E-state index in [4.69, 9.17) is 0 Å². The molecule has 1 atom stereocenters. The second-order valence-corrected chi connectivity index (χ2v) is 6.57. The van der Waals surface area contributed by atoms with E-state index in [9.17, 15) is 0 Å². The fraction of sp³-hybridized carbons (Fsp3) is 0.786. The number of nitrogens with zero attached hydrogens (tertiary/aromatic N) is 2. The monoisotopic (exact) mass is 267 g/mol. The summed E-state index contributed by atoms with van der Waals surface area (Å²) in [4.78, 5) is 4.41. The molecular weight excluding hydrogens is 242 g/mol. The van der Waals surface area contributed by atoms with Crippen molar-refractivity contribution in [2.45, 2.75) is 49.8 Å². The molecule has 0 saturated heterocycles. The molecule has 18 heavy (non-hydrogen) atoms. The zero-order chi connectivity index (χ0) is 12.8. The quantitative estimate of drug-likeness (QED) is 0.859. The molecule has 0 bridgehead atoms. The molecule has 1 unspecified atom stereocenters. The Bertz CT molecular complexity index is 345. The van der Waals surface area contributed by atoms with Crippen LogP contribution in [-0.4, -0.2) is 33.6 Å². The van der Waals surface area contributed by atoms with Gasteiger partial charge in [0, 0.05) is 42.9 Å². The van der Waals surface area contributed by atoms with Gasteiger partial charge in [0.15, 0.2) is 0 Å². The second kappa shape index (κ2) is 7.19. The molecule has 0 radical (unpaired) electrons. The van der Waals surface area contributed by atoms with Crippen molar-refractivity contribution in [3.63, 3.8) is 0 Å². The van der Waals surface area contributed by atoms with Gasteiger partial charge >= 0.3 is 0 Å². The molecule has 1 aromatic rings. The lowest BCUT2D eigenvalue weighted by Gasteiger charge is -2.23. The molecule has 1 aliphatic carbocycles. The lowest BCUT2D eigenvalue weighted by molar-refractivity contribution is 0.513. The van der Waals surface area contributed by atoms with Crippen LogP contribution in [0.1, 0.15) is 37.9 Å². The summed E-state index contributed by atoms with van der Waals surface area (Å²) in [6.45, 7) is 0. The minimum atomic E-state index is 0.540. The molecule has 1 heterocycles. The Morgan fingerprint density at radius 1 is 1.44 bits per heavy atom. The Labute approximate surface area is 115 Å². The Hall–Kier alpha value is -0.480. The smallest absolute Gasteiger partial charge is 0.109 e. The number of imidazole rings is 1. The van der Waals surface area contributed by atoms with E-state index in [1.54, 1.807) is 0 Å². The van der Waals surface area contributed by atoms with Gasteiger partial charge in [-0.3, -0.25) is 0 Å². The van der Waals surface area contributed by atoms with Crippen LogP contribution < -0.4 is 5.32 Å². The van der Waals surface area contributed by atoms with Crippen molar-refractivity contribution in [3.8, 4) is 0 Å². The van der Waals surface area contributed by atoms with Crippen LogP contribution in [0.25, 0.3) is 0 Å². The van der Waals surface area contributed by atoms with E-state index in [1.807, 2.05) is 12.4 Å². The molecule has 3 nitrogen and oxygen atoms in total. The van der Waals surface area contributed by atoms with Gasteiger partial charge < -0.3 is 9.88 Å². The third-order valence-electron chi connectivity index (χ3n) is 3.84. The Balaban J connectivity index is 1.76. The molecule has 1 aliphatic rings. The van der Waals surface area contributed by atoms with Crippen molar-refractivity contribution in [3.05, 3.63) is 18.2 Å². The molecule has 102 valence electrons. The number of nitrogens with one attached hydrogen (secondary N) is 1. The van der Waals surface area contributed by atoms with Crippen LogP contribution in [0, 0.1) is 0 Å². The van der Waals surface area contributed by atoms with E-state index >= 15 is 0 Å². The summed E-state index contributed by atoms with van der Waals surface area (Å²) in [6.07, 6.45) is 12.1. The van der Waals surface area contributed by atoms with Crippen molar-refractivity contribution < 1.29 is 0 Å². The van der Waals surface area contributed by atoms with Crippen LogP contribution in [0.15, 0.2) is 12.4 Å². The van der Waals surface area contributed by atoms with Crippen molar-refractivity contribution in [1.82, 2.24) is 14.9 Å². The molecule has 0 aliphatic heterocycles. The van der Waals surface area contributed by atoms with E-state index in [0.717, 1.165) is 11.7 Å². The Morgan fingerprint density at radius 2 is 2.22 bits per heavy atom. The molecule has 2 rings (SSSR count). The van der Waals surface area contributed by atoms with E-state index in [0.29, 0.717) is 6.04 Å². The predicted molar refractivity (Wildman–Crippen MR) is 79.1 cm³/mol. The lowest BCUT2D eigenvalue weighted by atomic mass is 10.0. The third-order valence-corrected chi connectivity index (χ3v) is 5.38. The zero-order valence-electron chi connectivity index (χ0n) is 11.6. The standard InChI is InChI=1S/C14H25N3S/c1-15-12(10-14-16-8-9-17(14)2)11-18-13-6-4-3-5-7-13/h8-9,12-13,15H,3-7,10-11H2,1-2H3. The van der Waals surface area contributed by atoms with Gasteiger partial charge in [-0.15, -0.1) is 0 Å². The van der Waals surface area contributed by atoms with Crippen LogP contribution >= 0.6 is 11.8 Å². The summed E-state index contributed by atoms with van der Waals surface area (Å²) in [5.74, 6) is 2.38. The first-order valence-corrected chi connectivity index (χ1v) is 8.09. The summed E-state index contributed by atoms with van der Waals surface area (Å²) in [6, 6.07) is 0.540. The molecule has 1 saturated carbocycles. The normalized spacial score (nSPS) is 19.0. The van der Waals surface area contributed by atoms with Crippen LogP contribution in [-0.2, 0) is 13.5 Å². The SMILES string of the molecule is CNC(CSC1CCCCC1)Cc1nccn1C. The highest BCUT2D eigenvalue weighted by Gasteiger charge is 2.17. The molecule has 1 aromatic heterocycles. The topological polar surface area (TPSA) is 29.9 Å². The van der Waals surface area contributed by atoms with Crippen molar-refractivity contribution in [1.29, 1.82) is 0 Å². The van der Waals surface area contributed by atoms with Crippen LogP contribution in [0.5, 0.6) is 0 Å². The summed E-state index contributed by atoms with van der Waals surface area (Å²) < 4.78 is 2.12. The highest BCUT2D eigenvalue weighted by atomic mass is 32.2. The van der Waals surface area contributed by atoms with Gasteiger partial charge in [0.2, 0.25) is 0 Å². The van der Waals surface area contributed by atoms with E-state index in [-0.39, 0.29) is 0 Å². The summed E-state index contributed by atoms with van der Waals surface area (Å²) in [5.41, 5.74) is 0. The average Bonchev–Trinajstić information content (AvgIpc) is 2.81. The fourth-order valence-corrected chi connectivity index (χ4v) is 4.00. The van der Waals surface area contributed by atoms with Crippen molar-refractivity contribution in [2.75, 3.05) is 12.8 Å². The van der Waals surface area contributed by atoms with Gasteiger partial charge in [-0.05, 0) is 19.9 Å². The summed E-state index contributed by atoms with van der Waals surface area (Å²) in [5, 5.41) is 4.33. The number of likely N-dealkylation sites (N-methyl/N-ethyl adjacent to an activating group) is 1. The van der Waals surface area contributed by atoms with Crippen molar-refractivity contribution >= 4 is 11.8 Å². The number of aromatic nitrogens is 2. The molecule has 1 N–H and O–H groups in total. The van der Waals surface area contributed by atoms with E-state index in [2.05, 4.69) is 40.7 Å². The van der Waals surface area contributed by atoms with Crippen LogP contribution in [0.4, 0.5) is 0 Å². The molecule has 1 fully saturated rings. The first kappa shape index (κ1) is 13.9. The maximum absolute atomic E-state index is 4.41. The number of hydrogen-bond acceptors (Lipinski definition) is 3. The minimum absolute atomic E-state index is 0.540. The Kier molecular flexibility index (Phi) is 5.57. The first-order valence-electron chi connectivity index (χ1n) is 7.04. The molecule has 4 heteroatoms. The fourth-order valence-electron chi connectivity index (χ4n) is 2.54. The molecular formula is C14H25N3S. The van der Waals surface area contributed by atoms with E-state index in [1.165, 1.54) is 43.7 Å². The van der Waals surface area contributed by atoms with Gasteiger partial charge in [-0.1, -0.05) is 19.3 Å². The third kappa shape index (κ3) is 4.02. The Morgan fingerprint density at radius 3 is 2.83 bits per heavy atom. The van der Waals surface area contributed by atoms with E-state index < -0.39 is 0 Å². The summed E-state index contributed by atoms with van der Waals surface area (Å²) >= 11 is 2.16. The molecule has 0 aromatic carbocycles. The maximum Gasteiger partial charge on any atom is 0.109 e. The lowest BCUT2D eigenvalue weighted by Crippen LogP contribution is -2.32. The number of aryl methyl sites for hydroxylation is 1. The highest BCUT2D eigenvalue weighted by Crippen LogP contribution is 2.28. The van der Waals surface area contributed by atoms with Crippen LogP contribution in [0.3, 0.4) is 0 Å². The van der Waals surface area contributed by atoms with Gasteiger partial charge in [0.05, 0.1) is 0 Å². The van der Waals surface area contributed by atoms with Crippen molar-refractivity contribution in [2.24, 2.45) is 7.05 Å². The predicted octanol–water partition coefficient (Wildman–Crippen LogP) is 2.62. The average molecular weight is 267 g/mol. The minimum Gasteiger partial charge on any atom is -0.338 e. The van der Waals surface area contributed by atoms with Gasteiger partial charge in [0.25, 0.3) is 0 Å². The zero-order valence-corrected chi connectivity index (χ0v) is 12.4. The molecule has 0 spiro atoms. The second-order valence-electron chi connectivity index (χ2n) is 5.24. The van der Waals surface area contributed by atoms with Crippen LogP contribution in [0.2, 0.25) is 0 Å².